The molecule has 0 aliphatic carbocycles. The van der Waals surface area contributed by atoms with Crippen LogP contribution in [0.2, 0.25) is 0 Å². The normalized spacial score (nSPS) is 16.0. The third-order valence-corrected chi connectivity index (χ3v) is 7.04. The number of benzene rings is 3. The lowest BCUT2D eigenvalue weighted by Gasteiger charge is -2.23. The van der Waals surface area contributed by atoms with Gasteiger partial charge in [0.15, 0.2) is 6.23 Å². The van der Waals surface area contributed by atoms with Gasteiger partial charge in [-0.15, -0.1) is 5.10 Å². The molecule has 1 fully saturated rings. The molecular formula is C31H30F3N3O4. The van der Waals surface area contributed by atoms with Crippen LogP contribution in [0.1, 0.15) is 55.5 Å². The molecule has 7 nitrogen and oxygen atoms in total. The predicted octanol–water partition coefficient (Wildman–Crippen LogP) is 7.00. The van der Waals surface area contributed by atoms with Gasteiger partial charge in [-0.25, -0.2) is 18.3 Å². The average molecular weight is 566 g/mol. The largest absolute Gasteiger partial charge is 0.490 e. The van der Waals surface area contributed by atoms with Gasteiger partial charge in [-0.05, 0) is 84.4 Å². The van der Waals surface area contributed by atoms with Crippen molar-refractivity contribution in [2.75, 3.05) is 19.8 Å². The summed E-state index contributed by atoms with van der Waals surface area (Å²) in [5.74, 6) is -1.54. The highest BCUT2D eigenvalue weighted by molar-refractivity contribution is 6.00. The fourth-order valence-corrected chi connectivity index (χ4v) is 5.19. The van der Waals surface area contributed by atoms with Crippen molar-refractivity contribution in [2.24, 2.45) is 5.73 Å². The zero-order chi connectivity index (χ0) is 28.9. The molecule has 0 spiro atoms. The topological polar surface area (TPSA) is 88.6 Å². The maximum atomic E-state index is 15.2. The van der Waals surface area contributed by atoms with E-state index in [1.54, 1.807) is 47.1 Å². The molecule has 214 valence electrons. The molecule has 1 atom stereocenters. The van der Waals surface area contributed by atoms with Gasteiger partial charge in [0.25, 0.3) is 0 Å². The number of carbonyl (C=O) groups excluding carboxylic acids is 1. The van der Waals surface area contributed by atoms with Crippen molar-refractivity contribution in [1.29, 1.82) is 0 Å². The molecule has 4 aromatic rings. The van der Waals surface area contributed by atoms with Gasteiger partial charge in [-0.1, -0.05) is 31.2 Å². The summed E-state index contributed by atoms with van der Waals surface area (Å²) in [7, 11) is 0. The number of ether oxygens (including phenoxy) is 3. The number of nitrogens with zero attached hydrogens (tertiary/aromatic N) is 2. The van der Waals surface area contributed by atoms with E-state index in [0.29, 0.717) is 46.6 Å². The molecule has 1 unspecified atom stereocenters. The van der Waals surface area contributed by atoms with Crippen molar-refractivity contribution < 1.29 is 32.2 Å². The molecule has 1 aliphatic heterocycles. The monoisotopic (exact) mass is 565 g/mol. The first-order valence-corrected chi connectivity index (χ1v) is 13.5. The Morgan fingerprint density at radius 2 is 1.76 bits per heavy atom. The number of amides is 1. The van der Waals surface area contributed by atoms with Gasteiger partial charge >= 0.3 is 6.09 Å². The highest BCUT2D eigenvalue weighted by Gasteiger charge is 2.24. The van der Waals surface area contributed by atoms with Crippen LogP contribution >= 0.6 is 0 Å². The maximum Gasteiger partial charge on any atom is 0.404 e. The van der Waals surface area contributed by atoms with Crippen LogP contribution < -0.4 is 10.5 Å². The van der Waals surface area contributed by atoms with E-state index in [-0.39, 0.29) is 30.4 Å². The Morgan fingerprint density at radius 3 is 2.41 bits per heavy atom. The highest BCUT2D eigenvalue weighted by atomic mass is 19.1. The van der Waals surface area contributed by atoms with E-state index in [4.69, 9.17) is 15.2 Å². The van der Waals surface area contributed by atoms with Crippen molar-refractivity contribution >= 4 is 28.1 Å². The van der Waals surface area contributed by atoms with E-state index in [1.807, 2.05) is 6.92 Å². The zero-order valence-corrected chi connectivity index (χ0v) is 22.5. The minimum atomic E-state index is -0.892. The fourth-order valence-electron chi connectivity index (χ4n) is 5.19. The Kier molecular flexibility index (Phi) is 8.58. The second kappa shape index (κ2) is 12.5. The molecule has 10 heteroatoms. The van der Waals surface area contributed by atoms with Crippen LogP contribution in [-0.2, 0) is 9.47 Å². The second-order valence-electron chi connectivity index (χ2n) is 9.63. The quantitative estimate of drug-likeness (QED) is 0.174. The first kappa shape index (κ1) is 28.2. The molecule has 2 N–H and O–H groups in total. The Balaban J connectivity index is 1.60. The SMILES string of the molecule is CC/C(=C(/c1ccc(OCCOC(N)=O)cc1)c1ccc2c(c1)c(F)nn2C1CCCCO1)c1c(F)cccc1F. The van der Waals surface area contributed by atoms with Crippen molar-refractivity contribution in [3.05, 3.63) is 94.9 Å². The molecule has 0 radical (unpaired) electrons. The predicted molar refractivity (Wildman–Crippen MR) is 149 cm³/mol. The van der Waals surface area contributed by atoms with Crippen LogP contribution in [0.4, 0.5) is 18.0 Å². The standard InChI is InChI=1S/C31H30F3N3O4/c1-2-22(29-24(32)6-5-7-25(29)33)28(19-9-12-21(13-10-19)39-16-17-41-31(35)38)20-11-14-26-23(18-20)30(34)36-37(26)27-8-3-4-15-40-27/h5-7,9-14,18,27H,2-4,8,15-17H2,1H3,(H2,35,38)/b28-22+. The number of rotatable bonds is 9. The zero-order valence-electron chi connectivity index (χ0n) is 22.5. The van der Waals surface area contributed by atoms with E-state index in [9.17, 15) is 4.79 Å². The van der Waals surface area contributed by atoms with E-state index in [0.717, 1.165) is 19.3 Å². The summed E-state index contributed by atoms with van der Waals surface area (Å²) < 4.78 is 63.0. The van der Waals surface area contributed by atoms with E-state index in [2.05, 4.69) is 9.84 Å². The molecule has 1 saturated heterocycles. The summed E-state index contributed by atoms with van der Waals surface area (Å²) in [6.07, 6.45) is 1.70. The number of nitrogens with two attached hydrogens (primary N) is 1. The van der Waals surface area contributed by atoms with Gasteiger partial charge in [0, 0.05) is 12.2 Å². The molecule has 1 aliphatic rings. The Labute approximate surface area is 235 Å². The molecular weight excluding hydrogens is 535 g/mol. The second-order valence-corrected chi connectivity index (χ2v) is 9.63. The Bertz CT molecular complexity index is 1560. The smallest absolute Gasteiger partial charge is 0.404 e. The number of hydrogen-bond acceptors (Lipinski definition) is 5. The van der Waals surface area contributed by atoms with Crippen LogP contribution in [0.5, 0.6) is 5.75 Å². The van der Waals surface area contributed by atoms with Crippen molar-refractivity contribution in [3.8, 4) is 5.75 Å². The Hall–Kier alpha value is -4.31. The van der Waals surface area contributed by atoms with Crippen LogP contribution in [0.15, 0.2) is 60.7 Å². The lowest BCUT2D eigenvalue weighted by Crippen LogP contribution is -2.19. The van der Waals surface area contributed by atoms with Crippen molar-refractivity contribution in [3.63, 3.8) is 0 Å². The first-order chi connectivity index (χ1) is 19.9. The lowest BCUT2D eigenvalue weighted by molar-refractivity contribution is -0.0375. The third kappa shape index (κ3) is 6.07. The van der Waals surface area contributed by atoms with Gasteiger partial charge in [0.2, 0.25) is 5.95 Å². The summed E-state index contributed by atoms with van der Waals surface area (Å²) in [6.45, 7) is 2.48. The van der Waals surface area contributed by atoms with E-state index < -0.39 is 23.7 Å². The van der Waals surface area contributed by atoms with E-state index in [1.165, 1.54) is 18.2 Å². The van der Waals surface area contributed by atoms with Crippen LogP contribution in [-0.4, -0.2) is 35.7 Å². The summed E-state index contributed by atoms with van der Waals surface area (Å²) in [5.41, 5.74) is 7.59. The van der Waals surface area contributed by atoms with Gasteiger partial charge in [0.05, 0.1) is 10.9 Å². The molecule has 1 aromatic heterocycles. The summed E-state index contributed by atoms with van der Waals surface area (Å²) in [5, 5.41) is 4.41. The van der Waals surface area contributed by atoms with Crippen LogP contribution in [0.3, 0.4) is 0 Å². The number of allylic oxidation sites excluding steroid dienone is 1. The minimum Gasteiger partial charge on any atom is -0.490 e. The average Bonchev–Trinajstić information content (AvgIpc) is 3.31. The molecule has 2 heterocycles. The molecule has 0 bridgehead atoms. The minimum absolute atomic E-state index is 0.0139. The maximum absolute atomic E-state index is 15.2. The molecule has 1 amide bonds. The van der Waals surface area contributed by atoms with Gasteiger partial charge in [-0.3, -0.25) is 0 Å². The van der Waals surface area contributed by atoms with Crippen molar-refractivity contribution in [2.45, 2.75) is 38.8 Å². The van der Waals surface area contributed by atoms with Gasteiger partial charge < -0.3 is 19.9 Å². The number of fused-ring (bicyclic) bond motifs is 1. The van der Waals surface area contributed by atoms with Gasteiger partial charge in [0.1, 0.15) is 30.6 Å². The molecule has 0 saturated carbocycles. The number of aromatic nitrogens is 2. The molecule has 41 heavy (non-hydrogen) atoms. The Morgan fingerprint density at radius 1 is 1.02 bits per heavy atom. The molecule has 3 aromatic carbocycles. The van der Waals surface area contributed by atoms with E-state index >= 15 is 13.2 Å². The third-order valence-electron chi connectivity index (χ3n) is 7.04. The van der Waals surface area contributed by atoms with Crippen LogP contribution in [0, 0.1) is 17.6 Å². The number of halogens is 3. The number of carbonyl (C=O) groups is 1. The fraction of sp³-hybridized carbons (Fsp3) is 0.290. The van der Waals surface area contributed by atoms with Crippen LogP contribution in [0.25, 0.3) is 22.0 Å². The lowest BCUT2D eigenvalue weighted by atomic mass is 9.87. The highest BCUT2D eigenvalue weighted by Crippen LogP contribution is 2.39. The molecule has 5 rings (SSSR count). The first-order valence-electron chi connectivity index (χ1n) is 13.5. The van der Waals surface area contributed by atoms with Gasteiger partial charge in [-0.2, -0.15) is 4.39 Å². The number of primary amides is 1. The summed E-state index contributed by atoms with van der Waals surface area (Å²) in [6, 6.07) is 15.9. The summed E-state index contributed by atoms with van der Waals surface area (Å²) in [4.78, 5) is 10.8. The summed E-state index contributed by atoms with van der Waals surface area (Å²) >= 11 is 0. The number of hydrogen-bond donors (Lipinski definition) is 1. The van der Waals surface area contributed by atoms with Crippen molar-refractivity contribution in [1.82, 2.24) is 9.78 Å².